The summed E-state index contributed by atoms with van der Waals surface area (Å²) in [4.78, 5) is 11.2. The first-order valence-electron chi connectivity index (χ1n) is 5.49. The van der Waals surface area contributed by atoms with Crippen LogP contribution >= 0.6 is 0 Å². The van der Waals surface area contributed by atoms with Gasteiger partial charge < -0.3 is 9.47 Å². The van der Waals surface area contributed by atoms with Gasteiger partial charge in [-0.05, 0) is 32.9 Å². The summed E-state index contributed by atoms with van der Waals surface area (Å²) in [5, 5.41) is 0. The lowest BCUT2D eigenvalue weighted by Gasteiger charge is -2.14. The zero-order chi connectivity index (χ0) is 12.0. The molecule has 0 saturated carbocycles. The number of hydrogen-bond donors (Lipinski definition) is 0. The van der Waals surface area contributed by atoms with E-state index in [2.05, 4.69) is 0 Å². The first-order chi connectivity index (χ1) is 7.63. The van der Waals surface area contributed by atoms with E-state index >= 15 is 0 Å². The summed E-state index contributed by atoms with van der Waals surface area (Å²) in [6.07, 6.45) is -0.0119. The molecule has 0 bridgehead atoms. The highest BCUT2D eigenvalue weighted by Crippen LogP contribution is 2.15. The maximum absolute atomic E-state index is 11.2. The van der Waals surface area contributed by atoms with Crippen molar-refractivity contribution in [1.29, 1.82) is 0 Å². The Labute approximate surface area is 96.4 Å². The fourth-order valence-corrected chi connectivity index (χ4v) is 1.34. The molecule has 88 valence electrons. The van der Waals surface area contributed by atoms with Crippen molar-refractivity contribution >= 4 is 5.78 Å². The average Bonchev–Trinajstić information content (AvgIpc) is 2.26. The summed E-state index contributed by atoms with van der Waals surface area (Å²) in [7, 11) is 0. The molecule has 1 aromatic rings. The highest BCUT2D eigenvalue weighted by atomic mass is 16.5. The van der Waals surface area contributed by atoms with Crippen molar-refractivity contribution in [2.75, 3.05) is 13.2 Å². The molecule has 1 rings (SSSR count). The topological polar surface area (TPSA) is 35.5 Å². The van der Waals surface area contributed by atoms with Crippen LogP contribution in [-0.4, -0.2) is 25.1 Å². The largest absolute Gasteiger partial charge is 0.488 e. The van der Waals surface area contributed by atoms with E-state index in [0.717, 1.165) is 0 Å². The Balaban J connectivity index is 2.59. The van der Waals surface area contributed by atoms with Gasteiger partial charge in [-0.15, -0.1) is 0 Å². The van der Waals surface area contributed by atoms with Gasteiger partial charge >= 0.3 is 0 Å². The quantitative estimate of drug-likeness (QED) is 0.694. The summed E-state index contributed by atoms with van der Waals surface area (Å²) in [6.45, 7) is 6.67. The van der Waals surface area contributed by atoms with Crippen LogP contribution in [-0.2, 0) is 4.74 Å². The van der Waals surface area contributed by atoms with Crippen molar-refractivity contribution in [1.82, 2.24) is 0 Å². The van der Waals surface area contributed by atoms with Crippen LogP contribution < -0.4 is 4.74 Å². The summed E-state index contributed by atoms with van der Waals surface area (Å²) in [6, 6.07) is 7.20. The molecule has 1 atom stereocenters. The molecule has 0 aromatic heterocycles. The lowest BCUT2D eigenvalue weighted by Crippen LogP contribution is -2.19. The summed E-state index contributed by atoms with van der Waals surface area (Å²) >= 11 is 0. The Hall–Kier alpha value is -1.35. The normalized spacial score (nSPS) is 12.2. The second-order valence-corrected chi connectivity index (χ2v) is 3.67. The van der Waals surface area contributed by atoms with Gasteiger partial charge in [-0.3, -0.25) is 4.79 Å². The molecule has 0 N–H and O–H groups in total. The fourth-order valence-electron chi connectivity index (χ4n) is 1.34. The van der Waals surface area contributed by atoms with Gasteiger partial charge in [0.1, 0.15) is 11.9 Å². The van der Waals surface area contributed by atoms with Crippen molar-refractivity contribution < 1.29 is 14.3 Å². The van der Waals surface area contributed by atoms with E-state index in [1.807, 2.05) is 26.0 Å². The van der Waals surface area contributed by atoms with Crippen molar-refractivity contribution in [3.8, 4) is 5.75 Å². The zero-order valence-electron chi connectivity index (χ0n) is 10.0. The molecule has 0 saturated heterocycles. The molecule has 0 aliphatic rings. The second-order valence-electron chi connectivity index (χ2n) is 3.67. The Morgan fingerprint density at radius 2 is 2.19 bits per heavy atom. The van der Waals surface area contributed by atoms with Crippen molar-refractivity contribution in [3.05, 3.63) is 29.8 Å². The Morgan fingerprint density at radius 3 is 2.81 bits per heavy atom. The van der Waals surface area contributed by atoms with Gasteiger partial charge in [0.15, 0.2) is 5.78 Å². The minimum atomic E-state index is -0.0119. The molecule has 3 nitrogen and oxygen atoms in total. The number of Topliss-reactive ketones (excluding diaryl/α,β-unsaturated/α-hetero) is 1. The van der Waals surface area contributed by atoms with Crippen molar-refractivity contribution in [3.63, 3.8) is 0 Å². The predicted octanol–water partition coefficient (Wildman–Crippen LogP) is 2.69. The number of carbonyl (C=O) groups is 1. The summed E-state index contributed by atoms with van der Waals surface area (Å²) in [5.41, 5.74) is 0.668. The number of benzene rings is 1. The molecule has 0 spiro atoms. The standard InChI is InChI=1S/C13H18O3/c1-4-15-9-10(2)16-13-7-5-6-12(8-13)11(3)14/h5-8,10H,4,9H2,1-3H3. The monoisotopic (exact) mass is 222 g/mol. The van der Waals surface area contributed by atoms with Crippen LogP contribution in [0.5, 0.6) is 5.75 Å². The molecule has 0 aliphatic heterocycles. The molecule has 0 aliphatic carbocycles. The van der Waals surface area contributed by atoms with E-state index in [1.54, 1.807) is 19.1 Å². The van der Waals surface area contributed by atoms with E-state index in [-0.39, 0.29) is 11.9 Å². The second kappa shape index (κ2) is 6.28. The molecule has 0 fully saturated rings. The van der Waals surface area contributed by atoms with E-state index < -0.39 is 0 Å². The molecule has 0 radical (unpaired) electrons. The third kappa shape index (κ3) is 4.03. The molecular weight excluding hydrogens is 204 g/mol. The smallest absolute Gasteiger partial charge is 0.159 e. The molecule has 3 heteroatoms. The first-order valence-corrected chi connectivity index (χ1v) is 5.49. The maximum Gasteiger partial charge on any atom is 0.159 e. The van der Waals surface area contributed by atoms with Gasteiger partial charge in [-0.1, -0.05) is 12.1 Å². The van der Waals surface area contributed by atoms with Crippen molar-refractivity contribution in [2.45, 2.75) is 26.9 Å². The fraction of sp³-hybridized carbons (Fsp3) is 0.462. The van der Waals surface area contributed by atoms with Gasteiger partial charge in [-0.2, -0.15) is 0 Å². The Morgan fingerprint density at radius 1 is 1.44 bits per heavy atom. The van der Waals surface area contributed by atoms with Crippen molar-refractivity contribution in [2.24, 2.45) is 0 Å². The van der Waals surface area contributed by atoms with Gasteiger partial charge in [0.05, 0.1) is 6.61 Å². The van der Waals surface area contributed by atoms with Gasteiger partial charge in [0, 0.05) is 12.2 Å². The number of carbonyl (C=O) groups excluding carboxylic acids is 1. The van der Waals surface area contributed by atoms with Crippen LogP contribution in [0, 0.1) is 0 Å². The Kier molecular flexibility index (Phi) is 4.99. The lowest BCUT2D eigenvalue weighted by molar-refractivity contribution is 0.0656. The van der Waals surface area contributed by atoms with Gasteiger partial charge in [-0.25, -0.2) is 0 Å². The minimum absolute atomic E-state index is 0.0119. The number of ether oxygens (including phenoxy) is 2. The predicted molar refractivity (Wildman–Crippen MR) is 63.0 cm³/mol. The van der Waals surface area contributed by atoms with Crippen LogP contribution in [0.15, 0.2) is 24.3 Å². The van der Waals surface area contributed by atoms with Crippen LogP contribution in [0.1, 0.15) is 31.1 Å². The summed E-state index contributed by atoms with van der Waals surface area (Å²) in [5.74, 6) is 0.753. The van der Waals surface area contributed by atoms with Crippen LogP contribution in [0.4, 0.5) is 0 Å². The molecule has 1 aromatic carbocycles. The average molecular weight is 222 g/mol. The van der Waals surface area contributed by atoms with Crippen LogP contribution in [0.3, 0.4) is 0 Å². The first kappa shape index (κ1) is 12.7. The van der Waals surface area contributed by atoms with Gasteiger partial charge in [0.25, 0.3) is 0 Å². The maximum atomic E-state index is 11.2. The molecule has 0 amide bonds. The SMILES string of the molecule is CCOCC(C)Oc1cccc(C(C)=O)c1. The van der Waals surface area contributed by atoms with Crippen LogP contribution in [0.2, 0.25) is 0 Å². The lowest BCUT2D eigenvalue weighted by atomic mass is 10.1. The number of rotatable bonds is 6. The third-order valence-electron chi connectivity index (χ3n) is 2.13. The van der Waals surface area contributed by atoms with E-state index in [4.69, 9.17) is 9.47 Å². The summed E-state index contributed by atoms with van der Waals surface area (Å²) < 4.78 is 10.9. The van der Waals surface area contributed by atoms with Gasteiger partial charge in [0.2, 0.25) is 0 Å². The van der Waals surface area contributed by atoms with E-state index in [9.17, 15) is 4.79 Å². The zero-order valence-corrected chi connectivity index (χ0v) is 10.0. The molecule has 1 unspecified atom stereocenters. The highest BCUT2D eigenvalue weighted by molar-refractivity contribution is 5.94. The van der Waals surface area contributed by atoms with E-state index in [1.165, 1.54) is 0 Å². The molecule has 16 heavy (non-hydrogen) atoms. The molecular formula is C13H18O3. The Bertz CT molecular complexity index is 347. The van der Waals surface area contributed by atoms with E-state index in [0.29, 0.717) is 24.5 Å². The highest BCUT2D eigenvalue weighted by Gasteiger charge is 2.05. The van der Waals surface area contributed by atoms with Crippen LogP contribution in [0.25, 0.3) is 0 Å². The number of ketones is 1. The minimum Gasteiger partial charge on any atom is -0.488 e. The third-order valence-corrected chi connectivity index (χ3v) is 2.13. The molecule has 0 heterocycles. The number of hydrogen-bond acceptors (Lipinski definition) is 3.